The Kier molecular flexibility index (Phi) is 3.56. The van der Waals surface area contributed by atoms with Crippen LogP contribution in [0.4, 0.5) is 0 Å². The molecule has 2 rings (SSSR count). The van der Waals surface area contributed by atoms with E-state index >= 15 is 0 Å². The van der Waals surface area contributed by atoms with Gasteiger partial charge in [0, 0.05) is 0 Å². The Morgan fingerprint density at radius 1 is 0.947 bits per heavy atom. The Bertz CT molecular complexity index is 630. The maximum absolute atomic E-state index is 11.0. The smallest absolute Gasteiger partial charge is 0.335 e. The molecule has 0 atom stereocenters. The third kappa shape index (κ3) is 2.94. The molecule has 0 radical (unpaired) electrons. The molecular formula is C16H16O3. The van der Waals surface area contributed by atoms with Gasteiger partial charge in [0.25, 0.3) is 0 Å². The largest absolute Gasteiger partial charge is 0.478 e. The van der Waals surface area contributed by atoms with E-state index in [2.05, 4.69) is 0 Å². The highest BCUT2D eigenvalue weighted by Crippen LogP contribution is 2.29. The molecule has 0 saturated carbocycles. The third-order valence-electron chi connectivity index (χ3n) is 3.00. The molecule has 0 heterocycles. The Morgan fingerprint density at radius 3 is 2.16 bits per heavy atom. The van der Waals surface area contributed by atoms with E-state index in [1.165, 1.54) is 0 Å². The summed E-state index contributed by atoms with van der Waals surface area (Å²) < 4.78 is 5.85. The summed E-state index contributed by atoms with van der Waals surface area (Å²) in [6, 6.07) is 10.8. The van der Waals surface area contributed by atoms with Gasteiger partial charge in [-0.25, -0.2) is 4.79 Å². The molecule has 3 nitrogen and oxygen atoms in total. The molecule has 0 aliphatic heterocycles. The van der Waals surface area contributed by atoms with Crippen molar-refractivity contribution in [2.24, 2.45) is 0 Å². The zero-order chi connectivity index (χ0) is 14.0. The quantitative estimate of drug-likeness (QED) is 0.899. The van der Waals surface area contributed by atoms with Crippen LogP contribution in [-0.2, 0) is 0 Å². The van der Waals surface area contributed by atoms with Crippen LogP contribution in [0.2, 0.25) is 0 Å². The number of aryl methyl sites for hydroxylation is 3. The highest BCUT2D eigenvalue weighted by molar-refractivity contribution is 5.88. The van der Waals surface area contributed by atoms with E-state index in [-0.39, 0.29) is 5.56 Å². The first kappa shape index (κ1) is 13.1. The van der Waals surface area contributed by atoms with Crippen molar-refractivity contribution in [2.75, 3.05) is 0 Å². The highest BCUT2D eigenvalue weighted by Gasteiger charge is 2.09. The molecule has 0 unspecified atom stereocenters. The van der Waals surface area contributed by atoms with Crippen molar-refractivity contribution in [3.05, 3.63) is 58.7 Å². The number of carboxylic acids is 1. The molecule has 0 spiro atoms. The van der Waals surface area contributed by atoms with Crippen LogP contribution in [0.5, 0.6) is 11.5 Å². The molecule has 2 aromatic rings. The molecule has 19 heavy (non-hydrogen) atoms. The lowest BCUT2D eigenvalue weighted by molar-refractivity contribution is 0.0696. The molecule has 2 aromatic carbocycles. The number of carbonyl (C=O) groups is 1. The Hall–Kier alpha value is -2.29. The lowest BCUT2D eigenvalue weighted by atomic mass is 10.1. The van der Waals surface area contributed by atoms with Crippen molar-refractivity contribution < 1.29 is 14.6 Å². The lowest BCUT2D eigenvalue weighted by Gasteiger charge is -2.12. The van der Waals surface area contributed by atoms with Gasteiger partial charge < -0.3 is 9.84 Å². The second-order valence-corrected chi connectivity index (χ2v) is 4.66. The summed E-state index contributed by atoms with van der Waals surface area (Å²) >= 11 is 0. The number of hydrogen-bond acceptors (Lipinski definition) is 2. The Morgan fingerprint density at radius 2 is 1.53 bits per heavy atom. The van der Waals surface area contributed by atoms with E-state index in [0.29, 0.717) is 5.75 Å². The monoisotopic (exact) mass is 256 g/mol. The summed E-state index contributed by atoms with van der Waals surface area (Å²) in [5.41, 5.74) is 3.26. The standard InChI is InChI=1S/C16H16O3/c1-10-4-5-11(2)14(8-10)19-15-9-13(16(17)18)7-6-12(15)3/h4-9H,1-3H3,(H,17,18). The minimum absolute atomic E-state index is 0.228. The van der Waals surface area contributed by atoms with E-state index < -0.39 is 5.97 Å². The fourth-order valence-corrected chi connectivity index (χ4v) is 1.78. The number of rotatable bonds is 3. The first-order valence-electron chi connectivity index (χ1n) is 6.06. The van der Waals surface area contributed by atoms with Crippen molar-refractivity contribution in [3.63, 3.8) is 0 Å². The van der Waals surface area contributed by atoms with Crippen LogP contribution in [0.3, 0.4) is 0 Å². The van der Waals surface area contributed by atoms with Gasteiger partial charge in [-0.3, -0.25) is 0 Å². The first-order valence-corrected chi connectivity index (χ1v) is 6.06. The van der Waals surface area contributed by atoms with Crippen LogP contribution in [0.1, 0.15) is 27.0 Å². The van der Waals surface area contributed by atoms with Crippen molar-refractivity contribution in [3.8, 4) is 11.5 Å². The van der Waals surface area contributed by atoms with E-state index in [1.807, 2.05) is 39.0 Å². The maximum atomic E-state index is 11.0. The van der Waals surface area contributed by atoms with E-state index in [4.69, 9.17) is 9.84 Å². The summed E-state index contributed by atoms with van der Waals surface area (Å²) in [4.78, 5) is 11.0. The molecule has 0 amide bonds. The van der Waals surface area contributed by atoms with Gasteiger partial charge in [0.1, 0.15) is 11.5 Å². The fraction of sp³-hybridized carbons (Fsp3) is 0.188. The van der Waals surface area contributed by atoms with Gasteiger partial charge in [0.05, 0.1) is 5.56 Å². The highest BCUT2D eigenvalue weighted by atomic mass is 16.5. The normalized spacial score (nSPS) is 10.3. The first-order chi connectivity index (χ1) is 8.97. The van der Waals surface area contributed by atoms with Gasteiger partial charge in [-0.2, -0.15) is 0 Å². The van der Waals surface area contributed by atoms with Gasteiger partial charge in [-0.1, -0.05) is 18.2 Å². The van der Waals surface area contributed by atoms with Gasteiger partial charge in [-0.15, -0.1) is 0 Å². The number of ether oxygens (including phenoxy) is 1. The van der Waals surface area contributed by atoms with E-state index in [0.717, 1.165) is 22.4 Å². The van der Waals surface area contributed by atoms with Crippen molar-refractivity contribution in [1.29, 1.82) is 0 Å². The number of benzene rings is 2. The molecule has 0 saturated heterocycles. The molecule has 0 bridgehead atoms. The minimum atomic E-state index is -0.953. The number of hydrogen-bond donors (Lipinski definition) is 1. The molecule has 3 heteroatoms. The maximum Gasteiger partial charge on any atom is 0.335 e. The fourth-order valence-electron chi connectivity index (χ4n) is 1.78. The summed E-state index contributed by atoms with van der Waals surface area (Å²) in [6.45, 7) is 5.85. The second kappa shape index (κ2) is 5.14. The second-order valence-electron chi connectivity index (χ2n) is 4.66. The summed E-state index contributed by atoms with van der Waals surface area (Å²) in [7, 11) is 0. The van der Waals surface area contributed by atoms with Gasteiger partial charge >= 0.3 is 5.97 Å². The average Bonchev–Trinajstić information content (AvgIpc) is 2.36. The SMILES string of the molecule is Cc1ccc(C)c(Oc2cc(C(=O)O)ccc2C)c1. The Labute approximate surface area is 112 Å². The zero-order valence-electron chi connectivity index (χ0n) is 11.2. The number of carboxylic acid groups (broad SMARTS) is 1. The topological polar surface area (TPSA) is 46.5 Å². The molecule has 0 fully saturated rings. The summed E-state index contributed by atoms with van der Waals surface area (Å²) in [6.07, 6.45) is 0. The summed E-state index contributed by atoms with van der Waals surface area (Å²) in [5.74, 6) is 0.380. The minimum Gasteiger partial charge on any atom is -0.478 e. The van der Waals surface area contributed by atoms with Gasteiger partial charge in [0.2, 0.25) is 0 Å². The van der Waals surface area contributed by atoms with Crippen molar-refractivity contribution >= 4 is 5.97 Å². The van der Waals surface area contributed by atoms with Crippen LogP contribution in [-0.4, -0.2) is 11.1 Å². The number of aromatic carboxylic acids is 1. The lowest BCUT2D eigenvalue weighted by Crippen LogP contribution is -1.98. The van der Waals surface area contributed by atoms with Crippen LogP contribution in [0, 0.1) is 20.8 Å². The Balaban J connectivity index is 2.40. The zero-order valence-corrected chi connectivity index (χ0v) is 11.2. The van der Waals surface area contributed by atoms with Crippen LogP contribution in [0.15, 0.2) is 36.4 Å². The molecule has 0 aliphatic rings. The van der Waals surface area contributed by atoms with Crippen LogP contribution < -0.4 is 4.74 Å². The van der Waals surface area contributed by atoms with Crippen molar-refractivity contribution in [2.45, 2.75) is 20.8 Å². The van der Waals surface area contributed by atoms with Crippen LogP contribution in [0.25, 0.3) is 0 Å². The predicted octanol–water partition coefficient (Wildman–Crippen LogP) is 4.10. The average molecular weight is 256 g/mol. The van der Waals surface area contributed by atoms with Crippen LogP contribution >= 0.6 is 0 Å². The summed E-state index contributed by atoms with van der Waals surface area (Å²) in [5, 5.41) is 9.01. The van der Waals surface area contributed by atoms with Crippen molar-refractivity contribution in [1.82, 2.24) is 0 Å². The van der Waals surface area contributed by atoms with Gasteiger partial charge in [0.15, 0.2) is 0 Å². The molecule has 0 aliphatic carbocycles. The van der Waals surface area contributed by atoms with E-state index in [1.54, 1.807) is 18.2 Å². The molecule has 1 N–H and O–H groups in total. The molecule has 98 valence electrons. The van der Waals surface area contributed by atoms with Gasteiger partial charge in [-0.05, 0) is 55.7 Å². The third-order valence-corrected chi connectivity index (χ3v) is 3.00. The molecule has 0 aromatic heterocycles. The predicted molar refractivity (Wildman–Crippen MR) is 74.1 cm³/mol. The molecular weight excluding hydrogens is 240 g/mol. The van der Waals surface area contributed by atoms with E-state index in [9.17, 15) is 4.79 Å².